The fourth-order valence-corrected chi connectivity index (χ4v) is 11.2. The molecule has 0 radical (unpaired) electrons. The Hall–Kier alpha value is -2.08. The monoisotopic (exact) mass is 1200 g/mol. The Morgan fingerprint density at radius 2 is 0.912 bits per heavy atom. The smallest absolute Gasteiger partial charge is 0.0779 e. The van der Waals surface area contributed by atoms with Gasteiger partial charge in [-0.15, -0.1) is 0 Å². The van der Waals surface area contributed by atoms with Crippen LogP contribution < -0.4 is 0 Å². The summed E-state index contributed by atoms with van der Waals surface area (Å²) in [5.74, 6) is 5.02. The van der Waals surface area contributed by atoms with Crippen LogP contribution in [0.5, 0.6) is 0 Å². The Balaban J connectivity index is -0.000000112. The van der Waals surface area contributed by atoms with Crippen molar-refractivity contribution in [2.24, 2.45) is 35.0 Å². The highest BCUT2D eigenvalue weighted by molar-refractivity contribution is 7.59. The van der Waals surface area contributed by atoms with Crippen molar-refractivity contribution in [2.75, 3.05) is 19.8 Å². The molecule has 8 rings (SSSR count). The van der Waals surface area contributed by atoms with E-state index in [1.54, 1.807) is 20.8 Å². The second-order valence-corrected chi connectivity index (χ2v) is 23.0. The number of benzene rings is 4. The second-order valence-electron chi connectivity index (χ2n) is 23.0. The minimum atomic E-state index is -0.445. The molecule has 0 saturated heterocycles. The van der Waals surface area contributed by atoms with E-state index in [4.69, 9.17) is 20.1 Å². The minimum Gasteiger partial charge on any atom is -0.412 e. The predicted octanol–water partition coefficient (Wildman–Crippen LogP) is 14.6. The molecule has 0 bridgehead atoms. The van der Waals surface area contributed by atoms with Crippen molar-refractivity contribution in [3.63, 3.8) is 0 Å². The SMILES string of the molecule is C.CC(C)(c1ccccc1)c1ccccc1.CC(O)COC(C)CO.CC1CCC(C(C)(C)C2CCCCC2)CC1.CCO.Cc1ccc(Cc2ccccc2)cc1.O.O.O.O.OC1CCC(CC2CCCCC2)CC1.S.S.S.S.[HH].[HH]. The zero-order valence-electron chi connectivity index (χ0n) is 50.5. The summed E-state index contributed by atoms with van der Waals surface area (Å²) >= 11 is 0. The zero-order valence-corrected chi connectivity index (χ0v) is 54.5. The summed E-state index contributed by atoms with van der Waals surface area (Å²) < 4.78 is 4.95. The van der Waals surface area contributed by atoms with E-state index < -0.39 is 6.10 Å². The molecular formula is C67H128O9S4. The molecule has 4 aromatic rings. The molecular weight excluding hydrogens is 1080 g/mol. The topological polar surface area (TPSA) is 216 Å². The lowest BCUT2D eigenvalue weighted by atomic mass is 9.60. The molecule has 0 amide bonds. The van der Waals surface area contributed by atoms with Crippen molar-refractivity contribution < 1.29 is 49.9 Å². The molecule has 9 nitrogen and oxygen atoms in total. The van der Waals surface area contributed by atoms with E-state index in [2.05, 4.69) is 157 Å². The van der Waals surface area contributed by atoms with Gasteiger partial charge in [-0.2, -0.15) is 54.0 Å². The third kappa shape index (κ3) is 37.3. The summed E-state index contributed by atoms with van der Waals surface area (Å²) in [4.78, 5) is 0. The number of aliphatic hydroxyl groups excluding tert-OH is 4. The molecule has 4 aliphatic rings. The maximum absolute atomic E-state index is 9.43. The number of ether oxygens (including phenoxy) is 1. The lowest BCUT2D eigenvalue weighted by Gasteiger charge is -2.45. The van der Waals surface area contributed by atoms with Crippen molar-refractivity contribution in [3.8, 4) is 0 Å². The quantitative estimate of drug-likeness (QED) is 0.109. The van der Waals surface area contributed by atoms with E-state index in [0.717, 1.165) is 48.9 Å². The molecule has 2 unspecified atom stereocenters. The average molecular weight is 1210 g/mol. The molecule has 474 valence electrons. The van der Waals surface area contributed by atoms with Gasteiger partial charge in [-0.05, 0) is 149 Å². The molecule has 12 N–H and O–H groups in total. The van der Waals surface area contributed by atoms with Crippen molar-refractivity contribution in [1.29, 1.82) is 0 Å². The third-order valence-corrected chi connectivity index (χ3v) is 16.2. The first-order valence-electron chi connectivity index (χ1n) is 28.5. The van der Waals surface area contributed by atoms with Crippen LogP contribution in [0.25, 0.3) is 0 Å². The molecule has 4 aromatic carbocycles. The maximum Gasteiger partial charge on any atom is 0.0779 e. The number of rotatable bonds is 12. The van der Waals surface area contributed by atoms with E-state index in [0.29, 0.717) is 12.0 Å². The van der Waals surface area contributed by atoms with Gasteiger partial charge in [0.05, 0.1) is 31.5 Å². The molecule has 4 aliphatic carbocycles. The highest BCUT2D eigenvalue weighted by Gasteiger charge is 2.38. The Bertz CT molecular complexity index is 1840. The zero-order chi connectivity index (χ0) is 51.9. The molecule has 0 spiro atoms. The minimum absolute atomic E-state index is 0. The van der Waals surface area contributed by atoms with Gasteiger partial charge in [0.1, 0.15) is 0 Å². The van der Waals surface area contributed by atoms with Crippen LogP contribution in [-0.2, 0) is 16.6 Å². The number of aliphatic hydroxyl groups is 4. The van der Waals surface area contributed by atoms with Crippen LogP contribution in [0.1, 0.15) is 215 Å². The van der Waals surface area contributed by atoms with E-state index >= 15 is 0 Å². The van der Waals surface area contributed by atoms with Crippen molar-refractivity contribution >= 4 is 54.0 Å². The Kier molecular flexibility index (Phi) is 60.1. The standard InChI is InChI=1S/C16H30.C15H16.C14H14.C13H24O.C6H14O3.C2H6O.CH4.4H2O.4H2S.2H2/c1-13-9-11-15(12-10-13)16(2,3)14-7-5-4-6-8-14;1-15(2,13-9-5-3-6-10-13)14-11-7-4-8-12-14;1-12-7-9-14(10-8-12)11-13-5-3-2-4-6-13;14-13-8-6-12(7-9-13)10-11-4-2-1-3-5-11;1-5(8)4-9-6(2)3-7;1-2-3;;;;;;;;;;;/h13-15H,4-12H2,1-3H3;3-12H,1-2H3;2-10H,11H2,1H3;11-14H,1-10H2;5-8H,3-4H2,1-2H3;3H,2H2,1H3;1H4;8*1H2;2*1H. The lowest BCUT2D eigenvalue weighted by molar-refractivity contribution is -0.0177. The summed E-state index contributed by atoms with van der Waals surface area (Å²) in [7, 11) is 0. The van der Waals surface area contributed by atoms with Gasteiger partial charge in [-0.25, -0.2) is 0 Å². The van der Waals surface area contributed by atoms with Gasteiger partial charge < -0.3 is 47.1 Å². The maximum atomic E-state index is 9.43. The van der Waals surface area contributed by atoms with E-state index in [1.165, 1.54) is 137 Å². The predicted molar refractivity (Wildman–Crippen MR) is 370 cm³/mol. The highest BCUT2D eigenvalue weighted by atomic mass is 32.1. The average Bonchev–Trinajstić information content (AvgIpc) is 3.39. The van der Waals surface area contributed by atoms with Crippen LogP contribution in [0.15, 0.2) is 115 Å². The Morgan fingerprint density at radius 1 is 0.537 bits per heavy atom. The molecule has 4 fully saturated rings. The molecule has 13 heteroatoms. The second kappa shape index (κ2) is 52.5. The Morgan fingerprint density at radius 3 is 1.32 bits per heavy atom. The van der Waals surface area contributed by atoms with Gasteiger partial charge in [0.25, 0.3) is 0 Å². The molecule has 4 saturated carbocycles. The Labute approximate surface area is 520 Å². The van der Waals surface area contributed by atoms with Crippen LogP contribution in [0.3, 0.4) is 0 Å². The number of hydrogen-bond donors (Lipinski definition) is 4. The largest absolute Gasteiger partial charge is 0.412 e. The first-order valence-corrected chi connectivity index (χ1v) is 28.5. The third-order valence-electron chi connectivity index (χ3n) is 16.2. The molecule has 80 heavy (non-hydrogen) atoms. The normalized spacial score (nSPS) is 19.1. The van der Waals surface area contributed by atoms with E-state index in [1.807, 2.05) is 0 Å². The van der Waals surface area contributed by atoms with Gasteiger partial charge in [-0.3, -0.25) is 0 Å². The van der Waals surface area contributed by atoms with E-state index in [9.17, 15) is 5.11 Å². The summed E-state index contributed by atoms with van der Waals surface area (Å²) in [6, 6.07) is 40.5. The molecule has 2 atom stereocenters. The van der Waals surface area contributed by atoms with Gasteiger partial charge in [0.15, 0.2) is 0 Å². The first kappa shape index (κ1) is 91.7. The van der Waals surface area contributed by atoms with Gasteiger partial charge in [-0.1, -0.05) is 227 Å². The molecule has 0 aromatic heterocycles. The fraction of sp³-hybridized carbons (Fsp3) is 0.642. The molecule has 0 aliphatic heterocycles. The molecule has 0 heterocycles. The lowest BCUT2D eigenvalue weighted by Crippen LogP contribution is -2.35. The number of aryl methyl sites for hydroxylation is 1. The van der Waals surface area contributed by atoms with Crippen LogP contribution in [-0.4, -0.2) is 80.5 Å². The van der Waals surface area contributed by atoms with Gasteiger partial charge in [0, 0.05) is 14.9 Å². The first-order chi connectivity index (χ1) is 34.1. The van der Waals surface area contributed by atoms with Crippen molar-refractivity contribution in [2.45, 2.75) is 222 Å². The van der Waals surface area contributed by atoms with Crippen LogP contribution in [0.4, 0.5) is 0 Å². The summed E-state index contributed by atoms with van der Waals surface area (Å²) in [6.07, 6.45) is 27.5. The van der Waals surface area contributed by atoms with Crippen LogP contribution >= 0.6 is 54.0 Å². The van der Waals surface area contributed by atoms with Crippen LogP contribution in [0.2, 0.25) is 0 Å². The summed E-state index contributed by atoms with van der Waals surface area (Å²) in [5, 5.41) is 34.1. The van der Waals surface area contributed by atoms with E-state index in [-0.39, 0.29) is 117 Å². The number of hydrogen-bond acceptors (Lipinski definition) is 5. The summed E-state index contributed by atoms with van der Waals surface area (Å²) in [6.45, 7) is 19.8. The van der Waals surface area contributed by atoms with Gasteiger partial charge >= 0.3 is 0 Å². The fourth-order valence-electron chi connectivity index (χ4n) is 11.2. The highest BCUT2D eigenvalue weighted by Crippen LogP contribution is 2.49. The van der Waals surface area contributed by atoms with Crippen molar-refractivity contribution in [3.05, 3.63) is 143 Å². The van der Waals surface area contributed by atoms with Gasteiger partial charge in [0.2, 0.25) is 0 Å². The van der Waals surface area contributed by atoms with Crippen LogP contribution in [0, 0.1) is 41.9 Å². The summed E-state index contributed by atoms with van der Waals surface area (Å²) in [5.41, 5.74) is 7.50. The van der Waals surface area contributed by atoms with Crippen molar-refractivity contribution in [1.82, 2.24) is 0 Å².